The first-order chi connectivity index (χ1) is 15.8. The summed E-state index contributed by atoms with van der Waals surface area (Å²) in [7, 11) is -3.64. The number of carbonyl (C=O) groups is 1. The number of amides is 1. The minimum absolute atomic E-state index is 0.171. The van der Waals surface area contributed by atoms with Crippen molar-refractivity contribution < 1.29 is 22.4 Å². The van der Waals surface area contributed by atoms with Crippen LogP contribution in [0.5, 0.6) is 5.75 Å². The Labute approximate surface area is 196 Å². The van der Waals surface area contributed by atoms with Crippen molar-refractivity contribution in [3.8, 4) is 5.75 Å². The Morgan fingerprint density at radius 3 is 2.42 bits per heavy atom. The summed E-state index contributed by atoms with van der Waals surface area (Å²) in [5, 5.41) is 1.29. The highest BCUT2D eigenvalue weighted by Crippen LogP contribution is 2.23. The molecule has 0 N–H and O–H groups in total. The van der Waals surface area contributed by atoms with Gasteiger partial charge in [-0.3, -0.25) is 4.79 Å². The average Bonchev–Trinajstić information content (AvgIpc) is 2.82. The molecule has 1 saturated heterocycles. The lowest BCUT2D eigenvalue weighted by molar-refractivity contribution is -0.134. The summed E-state index contributed by atoms with van der Waals surface area (Å²) in [4.78, 5) is 26.1. The summed E-state index contributed by atoms with van der Waals surface area (Å²) >= 11 is 5.84. The molecular weight excluding hydrogens is 468 g/mol. The molecule has 1 aliphatic rings. The quantitative estimate of drug-likeness (QED) is 0.493. The first-order valence-electron chi connectivity index (χ1n) is 10.5. The number of aryl methyl sites for hydroxylation is 1. The van der Waals surface area contributed by atoms with Crippen molar-refractivity contribution in [1.29, 1.82) is 0 Å². The lowest BCUT2D eigenvalue weighted by Crippen LogP contribution is -2.51. The summed E-state index contributed by atoms with van der Waals surface area (Å²) in [6, 6.07) is 12.6. The first kappa shape index (κ1) is 23.3. The fraction of sp³-hybridized carbons (Fsp3) is 0.304. The smallest absolute Gasteiger partial charge is 0.336 e. The van der Waals surface area contributed by atoms with Gasteiger partial charge < -0.3 is 14.1 Å². The molecule has 3 aromatic rings. The van der Waals surface area contributed by atoms with Crippen molar-refractivity contribution in [3.05, 3.63) is 69.5 Å². The van der Waals surface area contributed by atoms with E-state index in [9.17, 15) is 18.0 Å². The maximum atomic E-state index is 12.8. The first-order valence-corrected chi connectivity index (χ1v) is 12.3. The maximum absolute atomic E-state index is 12.8. The number of carbonyl (C=O) groups excluding carboxylic acids is 1. The van der Waals surface area contributed by atoms with Crippen molar-refractivity contribution in [1.82, 2.24) is 9.21 Å². The third-order valence-electron chi connectivity index (χ3n) is 5.59. The summed E-state index contributed by atoms with van der Waals surface area (Å²) in [5.74, 6) is 0.165. The van der Waals surface area contributed by atoms with Crippen LogP contribution in [0.15, 0.2) is 62.6 Å². The van der Waals surface area contributed by atoms with Crippen molar-refractivity contribution in [2.75, 3.05) is 32.8 Å². The largest absolute Gasteiger partial charge is 0.484 e. The van der Waals surface area contributed by atoms with Crippen molar-refractivity contribution in [2.24, 2.45) is 0 Å². The van der Waals surface area contributed by atoms with Crippen molar-refractivity contribution in [2.45, 2.75) is 18.2 Å². The molecule has 0 spiro atoms. The Balaban J connectivity index is 1.36. The van der Waals surface area contributed by atoms with Crippen LogP contribution in [-0.4, -0.2) is 56.3 Å². The molecule has 2 aromatic carbocycles. The molecule has 1 aliphatic heterocycles. The van der Waals surface area contributed by atoms with Crippen LogP contribution >= 0.6 is 11.6 Å². The van der Waals surface area contributed by atoms with Gasteiger partial charge in [0.1, 0.15) is 11.3 Å². The monoisotopic (exact) mass is 490 g/mol. The SMILES string of the molecule is CCc1cc(=O)oc2cc(OCC(=O)N3CCN(S(=O)(=O)c4ccc(Cl)cc4)CC3)ccc12. The zero-order valence-electron chi connectivity index (χ0n) is 18.0. The van der Waals surface area contributed by atoms with Crippen LogP contribution in [0.25, 0.3) is 11.0 Å². The van der Waals surface area contributed by atoms with Gasteiger partial charge in [-0.2, -0.15) is 4.31 Å². The second-order valence-corrected chi connectivity index (χ2v) is 10.0. The summed E-state index contributed by atoms with van der Waals surface area (Å²) in [5.41, 5.74) is 0.861. The van der Waals surface area contributed by atoms with Crippen LogP contribution < -0.4 is 10.4 Å². The molecule has 0 saturated carbocycles. The molecule has 0 radical (unpaired) electrons. The van der Waals surface area contributed by atoms with Gasteiger partial charge >= 0.3 is 5.63 Å². The van der Waals surface area contributed by atoms with E-state index in [1.54, 1.807) is 23.1 Å². The molecule has 10 heteroatoms. The van der Waals surface area contributed by atoms with E-state index in [1.807, 2.05) is 6.92 Å². The Hall–Kier alpha value is -2.88. The minimum Gasteiger partial charge on any atom is -0.484 e. The van der Waals surface area contributed by atoms with Crippen LogP contribution in [0, 0.1) is 0 Å². The fourth-order valence-corrected chi connectivity index (χ4v) is 5.31. The zero-order valence-corrected chi connectivity index (χ0v) is 19.6. The Bertz CT molecular complexity index is 1330. The summed E-state index contributed by atoms with van der Waals surface area (Å²) in [6.45, 7) is 2.67. The van der Waals surface area contributed by atoms with E-state index in [1.165, 1.54) is 34.6 Å². The normalized spacial score (nSPS) is 15.0. The molecule has 174 valence electrons. The fourth-order valence-electron chi connectivity index (χ4n) is 3.76. The van der Waals surface area contributed by atoms with Gasteiger partial charge in [-0.25, -0.2) is 13.2 Å². The number of hydrogen-bond donors (Lipinski definition) is 0. The van der Waals surface area contributed by atoms with E-state index in [0.29, 0.717) is 22.8 Å². The van der Waals surface area contributed by atoms with Crippen molar-refractivity contribution >= 4 is 38.5 Å². The van der Waals surface area contributed by atoms with Crippen LogP contribution in [0.3, 0.4) is 0 Å². The van der Waals surface area contributed by atoms with Crippen LogP contribution in [0.2, 0.25) is 5.02 Å². The molecule has 1 aromatic heterocycles. The van der Waals surface area contributed by atoms with Gasteiger partial charge in [0.25, 0.3) is 5.91 Å². The average molecular weight is 491 g/mol. The second-order valence-electron chi connectivity index (χ2n) is 7.63. The standard InChI is InChI=1S/C23H23ClN2O6S/c1-2-16-13-23(28)32-21-14-18(5-8-20(16)21)31-15-22(27)25-9-11-26(12-10-25)33(29,30)19-6-3-17(24)4-7-19/h3-8,13-14H,2,9-12,15H2,1H3. The summed E-state index contributed by atoms with van der Waals surface area (Å²) in [6.07, 6.45) is 0.695. The van der Waals surface area contributed by atoms with E-state index >= 15 is 0 Å². The van der Waals surface area contributed by atoms with Gasteiger partial charge in [0.2, 0.25) is 10.0 Å². The molecular formula is C23H23ClN2O6S. The van der Waals surface area contributed by atoms with Gasteiger partial charge in [-0.15, -0.1) is 0 Å². The number of fused-ring (bicyclic) bond motifs is 1. The molecule has 1 amide bonds. The van der Waals surface area contributed by atoms with E-state index in [4.69, 9.17) is 20.8 Å². The number of hydrogen-bond acceptors (Lipinski definition) is 6. The molecule has 2 heterocycles. The van der Waals surface area contributed by atoms with E-state index in [2.05, 4.69) is 0 Å². The molecule has 0 atom stereocenters. The van der Waals surface area contributed by atoms with E-state index in [0.717, 1.165) is 10.9 Å². The highest BCUT2D eigenvalue weighted by molar-refractivity contribution is 7.89. The molecule has 33 heavy (non-hydrogen) atoms. The molecule has 4 rings (SSSR count). The number of benzene rings is 2. The van der Waals surface area contributed by atoms with Crippen LogP contribution in [0.1, 0.15) is 12.5 Å². The predicted molar refractivity (Wildman–Crippen MR) is 124 cm³/mol. The van der Waals surface area contributed by atoms with E-state index < -0.39 is 15.6 Å². The number of piperazine rings is 1. The lowest BCUT2D eigenvalue weighted by atomic mass is 10.1. The molecule has 1 fully saturated rings. The third-order valence-corrected chi connectivity index (χ3v) is 7.75. The number of halogens is 1. The number of nitrogens with zero attached hydrogens (tertiary/aromatic N) is 2. The van der Waals surface area contributed by atoms with Gasteiger partial charge in [0, 0.05) is 48.7 Å². The van der Waals surface area contributed by atoms with Gasteiger partial charge in [0.15, 0.2) is 6.61 Å². The Morgan fingerprint density at radius 2 is 1.76 bits per heavy atom. The van der Waals surface area contributed by atoms with Gasteiger partial charge in [-0.1, -0.05) is 18.5 Å². The molecule has 8 nitrogen and oxygen atoms in total. The second kappa shape index (κ2) is 9.54. The predicted octanol–water partition coefficient (Wildman–Crippen LogP) is 2.92. The molecule has 0 aliphatic carbocycles. The highest BCUT2D eigenvalue weighted by atomic mass is 35.5. The number of rotatable bonds is 6. The zero-order chi connectivity index (χ0) is 23.6. The highest BCUT2D eigenvalue weighted by Gasteiger charge is 2.30. The molecule has 0 bridgehead atoms. The van der Waals surface area contributed by atoms with Crippen LogP contribution in [-0.2, 0) is 21.2 Å². The number of ether oxygens (including phenoxy) is 1. The van der Waals surface area contributed by atoms with Crippen LogP contribution in [0.4, 0.5) is 0 Å². The molecule has 0 unspecified atom stereocenters. The van der Waals surface area contributed by atoms with Gasteiger partial charge in [0.05, 0.1) is 4.90 Å². The van der Waals surface area contributed by atoms with Gasteiger partial charge in [-0.05, 0) is 48.4 Å². The van der Waals surface area contributed by atoms with Crippen molar-refractivity contribution in [3.63, 3.8) is 0 Å². The topological polar surface area (TPSA) is 97.1 Å². The third kappa shape index (κ3) is 5.05. The Morgan fingerprint density at radius 1 is 1.06 bits per heavy atom. The summed E-state index contributed by atoms with van der Waals surface area (Å²) < 4.78 is 37.8. The lowest BCUT2D eigenvalue weighted by Gasteiger charge is -2.34. The number of sulfonamides is 1. The van der Waals surface area contributed by atoms with E-state index in [-0.39, 0.29) is 43.6 Å². The minimum atomic E-state index is -3.64. The Kier molecular flexibility index (Phi) is 6.73. The maximum Gasteiger partial charge on any atom is 0.336 e.